The number of carbonyl (C=O) groups is 2. The molecule has 0 unspecified atom stereocenters. The maximum Gasteiger partial charge on any atom is 0.308 e. The van der Waals surface area contributed by atoms with E-state index in [1.54, 1.807) is 29.6 Å². The Kier molecular flexibility index (Phi) is 10.6. The van der Waals surface area contributed by atoms with Crippen molar-refractivity contribution in [3.63, 3.8) is 0 Å². The highest BCUT2D eigenvalue weighted by Gasteiger charge is 2.20. The van der Waals surface area contributed by atoms with E-state index in [1.165, 1.54) is 32.4 Å². The molecule has 2 rings (SSSR count). The number of halogens is 1. The Bertz CT molecular complexity index is 1020. The quantitative estimate of drug-likeness (QED) is 0.117. The molecule has 1 aromatic carbocycles. The van der Waals surface area contributed by atoms with Gasteiger partial charge in [0.2, 0.25) is 5.95 Å². The van der Waals surface area contributed by atoms with Gasteiger partial charge in [0.15, 0.2) is 18.0 Å². The van der Waals surface area contributed by atoms with Crippen LogP contribution in [-0.4, -0.2) is 54.2 Å². The zero-order valence-corrected chi connectivity index (χ0v) is 20.5. The minimum Gasteiger partial charge on any atom is -0.469 e. The highest BCUT2D eigenvalue weighted by molar-refractivity contribution is 7.95. The normalized spacial score (nSPS) is 12.2. The number of aromatic nitrogens is 2. The van der Waals surface area contributed by atoms with Crippen molar-refractivity contribution >= 4 is 36.0 Å². The van der Waals surface area contributed by atoms with Crippen LogP contribution in [0, 0.1) is 5.82 Å². The summed E-state index contributed by atoms with van der Waals surface area (Å²) in [6.07, 6.45) is 1.20. The third-order valence-electron chi connectivity index (χ3n) is 4.62. The lowest BCUT2D eigenvalue weighted by Gasteiger charge is -2.19. The maximum absolute atomic E-state index is 13.6. The van der Waals surface area contributed by atoms with Gasteiger partial charge in [0, 0.05) is 24.6 Å². The lowest BCUT2D eigenvalue weighted by Crippen LogP contribution is -2.17. The van der Waals surface area contributed by atoms with E-state index in [9.17, 15) is 19.1 Å². The summed E-state index contributed by atoms with van der Waals surface area (Å²) < 4.78 is 24.5. The standard InChI is InChI=1S/C23H28FN3O6S/c1-14(2)21-19(11-10-17(28)12-18(29)13-20(30)31-4)22(15-6-8-16(24)9-7-15)26-23(25-21)27(3)34-33-32-5/h6-11,14,18,29H,12-13H2,1-5H3/t18-/m1/s1. The van der Waals surface area contributed by atoms with Gasteiger partial charge < -0.3 is 9.84 Å². The van der Waals surface area contributed by atoms with E-state index in [-0.39, 0.29) is 24.5 Å². The Morgan fingerprint density at radius 3 is 2.44 bits per heavy atom. The van der Waals surface area contributed by atoms with Crippen LogP contribution in [0.25, 0.3) is 17.3 Å². The lowest BCUT2D eigenvalue weighted by molar-refractivity contribution is -0.160. The van der Waals surface area contributed by atoms with Crippen molar-refractivity contribution in [2.24, 2.45) is 0 Å². The number of hydrogen-bond donors (Lipinski definition) is 1. The zero-order chi connectivity index (χ0) is 25.3. The number of anilines is 1. The second-order valence-electron chi connectivity index (χ2n) is 7.58. The highest BCUT2D eigenvalue weighted by Crippen LogP contribution is 2.32. The topological polar surface area (TPSA) is 111 Å². The summed E-state index contributed by atoms with van der Waals surface area (Å²) in [4.78, 5) is 37.6. The second-order valence-corrected chi connectivity index (χ2v) is 8.41. The van der Waals surface area contributed by atoms with Crippen LogP contribution >= 0.6 is 12.2 Å². The first-order valence-corrected chi connectivity index (χ1v) is 11.1. The van der Waals surface area contributed by atoms with Crippen LogP contribution in [0.5, 0.6) is 0 Å². The van der Waals surface area contributed by atoms with Gasteiger partial charge in [-0.1, -0.05) is 13.8 Å². The van der Waals surface area contributed by atoms with Crippen molar-refractivity contribution in [3.05, 3.63) is 47.4 Å². The molecule has 1 aromatic heterocycles. The summed E-state index contributed by atoms with van der Waals surface area (Å²) in [5.74, 6) is -1.12. The van der Waals surface area contributed by atoms with Crippen LogP contribution in [-0.2, 0) is 23.5 Å². The van der Waals surface area contributed by atoms with Crippen molar-refractivity contribution in [1.82, 2.24) is 9.97 Å². The minimum absolute atomic E-state index is 0.0534. The monoisotopic (exact) mass is 493 g/mol. The fraction of sp³-hybridized carbons (Fsp3) is 0.391. The van der Waals surface area contributed by atoms with Crippen molar-refractivity contribution in [1.29, 1.82) is 0 Å². The fourth-order valence-electron chi connectivity index (χ4n) is 2.98. The van der Waals surface area contributed by atoms with Crippen LogP contribution < -0.4 is 4.31 Å². The number of benzene rings is 1. The number of hydrogen-bond acceptors (Lipinski definition) is 10. The van der Waals surface area contributed by atoms with Gasteiger partial charge in [-0.05, 0) is 42.3 Å². The molecule has 0 aliphatic carbocycles. The average Bonchev–Trinajstić information content (AvgIpc) is 2.80. The third kappa shape index (κ3) is 7.87. The summed E-state index contributed by atoms with van der Waals surface area (Å²) in [5.41, 5.74) is 2.33. The highest BCUT2D eigenvalue weighted by atomic mass is 32.2. The molecule has 0 aliphatic heterocycles. The van der Waals surface area contributed by atoms with Gasteiger partial charge in [-0.2, -0.15) is 0 Å². The molecule has 1 heterocycles. The molecule has 0 fully saturated rings. The van der Waals surface area contributed by atoms with E-state index in [1.807, 2.05) is 13.8 Å². The van der Waals surface area contributed by atoms with Gasteiger partial charge in [0.1, 0.15) is 5.82 Å². The van der Waals surface area contributed by atoms with E-state index in [0.29, 0.717) is 28.5 Å². The fourth-order valence-corrected chi connectivity index (χ4v) is 3.28. The predicted octanol–water partition coefficient (Wildman–Crippen LogP) is 3.88. The van der Waals surface area contributed by atoms with Crippen LogP contribution in [0.4, 0.5) is 10.3 Å². The number of nitrogens with zero attached hydrogens (tertiary/aromatic N) is 3. The molecule has 1 N–H and O–H groups in total. The largest absolute Gasteiger partial charge is 0.469 e. The predicted molar refractivity (Wildman–Crippen MR) is 127 cm³/mol. The minimum atomic E-state index is -1.16. The lowest BCUT2D eigenvalue weighted by atomic mass is 9.97. The molecule has 2 aromatic rings. The number of ketones is 1. The molecule has 0 radical (unpaired) electrons. The first kappa shape index (κ1) is 27.4. The van der Waals surface area contributed by atoms with Gasteiger partial charge >= 0.3 is 5.97 Å². The summed E-state index contributed by atoms with van der Waals surface area (Å²) in [6, 6.07) is 5.81. The molecule has 0 saturated carbocycles. The smallest absolute Gasteiger partial charge is 0.308 e. The summed E-state index contributed by atoms with van der Waals surface area (Å²) >= 11 is 0.882. The van der Waals surface area contributed by atoms with Crippen molar-refractivity contribution in [3.8, 4) is 11.3 Å². The number of methoxy groups -OCH3 is 1. The number of rotatable bonds is 12. The van der Waals surface area contributed by atoms with Crippen LogP contribution in [0.2, 0.25) is 0 Å². The zero-order valence-electron chi connectivity index (χ0n) is 19.6. The molecule has 0 saturated heterocycles. The summed E-state index contributed by atoms with van der Waals surface area (Å²) in [5, 5.41) is 9.94. The molecule has 11 heteroatoms. The number of ether oxygens (including phenoxy) is 1. The average molecular weight is 494 g/mol. The van der Waals surface area contributed by atoms with Gasteiger partial charge in [-0.25, -0.2) is 19.2 Å². The van der Waals surface area contributed by atoms with E-state index < -0.39 is 17.9 Å². The first-order valence-electron chi connectivity index (χ1n) is 10.4. The summed E-state index contributed by atoms with van der Waals surface area (Å²) in [7, 11) is 4.28. The molecule has 184 valence electrons. The van der Waals surface area contributed by atoms with Gasteiger partial charge in [-0.3, -0.25) is 13.9 Å². The van der Waals surface area contributed by atoms with Crippen LogP contribution in [0.3, 0.4) is 0 Å². The molecule has 0 bridgehead atoms. The Morgan fingerprint density at radius 1 is 1.18 bits per heavy atom. The van der Waals surface area contributed by atoms with E-state index in [4.69, 9.17) is 4.33 Å². The number of carbonyl (C=O) groups excluding carboxylic acids is 2. The van der Waals surface area contributed by atoms with Crippen LogP contribution in [0.15, 0.2) is 30.3 Å². The SMILES string of the molecule is COOSN(C)c1nc(-c2ccc(F)cc2)c(C=CC(=O)C[C@@H](O)CC(=O)OC)c(C(C)C)n1. The first-order chi connectivity index (χ1) is 16.2. The Balaban J connectivity index is 2.49. The van der Waals surface area contributed by atoms with Gasteiger partial charge in [-0.15, -0.1) is 4.33 Å². The van der Waals surface area contributed by atoms with Crippen molar-refractivity contribution in [2.45, 2.75) is 38.7 Å². The molecular formula is C23H28FN3O6S. The Labute approximate surface area is 202 Å². The maximum atomic E-state index is 13.6. The molecule has 1 atom stereocenters. The van der Waals surface area contributed by atoms with Crippen molar-refractivity contribution in [2.75, 3.05) is 25.6 Å². The van der Waals surface area contributed by atoms with Gasteiger partial charge in [0.25, 0.3) is 0 Å². The molecular weight excluding hydrogens is 465 g/mol. The van der Waals surface area contributed by atoms with Gasteiger partial charge in [0.05, 0.1) is 38.1 Å². The van der Waals surface area contributed by atoms with E-state index in [2.05, 4.69) is 19.6 Å². The van der Waals surface area contributed by atoms with Crippen LogP contribution in [0.1, 0.15) is 43.9 Å². The molecule has 0 aliphatic rings. The number of allylic oxidation sites excluding steroid dienone is 1. The number of aliphatic hydroxyl groups excluding tert-OH is 1. The Morgan fingerprint density at radius 2 is 1.85 bits per heavy atom. The second kappa shape index (κ2) is 13.1. The van der Waals surface area contributed by atoms with Crippen molar-refractivity contribution < 1.29 is 33.0 Å². The molecule has 9 nitrogen and oxygen atoms in total. The number of aliphatic hydroxyl groups is 1. The summed E-state index contributed by atoms with van der Waals surface area (Å²) in [6.45, 7) is 3.89. The molecule has 0 amide bonds. The van der Waals surface area contributed by atoms with E-state index in [0.717, 1.165) is 12.2 Å². The number of esters is 1. The molecule has 0 spiro atoms. The van der Waals surface area contributed by atoms with E-state index >= 15 is 0 Å². The molecule has 34 heavy (non-hydrogen) atoms. The third-order valence-corrected chi connectivity index (χ3v) is 5.21. The Hall–Kier alpha value is -2.86.